The molecule has 0 atom stereocenters. The zero-order valence-electron chi connectivity index (χ0n) is 17.4. The second-order valence-corrected chi connectivity index (χ2v) is 9.79. The van der Waals surface area contributed by atoms with Crippen LogP contribution in [0.15, 0.2) is 18.3 Å². The van der Waals surface area contributed by atoms with Crippen LogP contribution in [0.4, 0.5) is 0 Å². The Morgan fingerprint density at radius 3 is 1.92 bits per heavy atom. The number of aromatic nitrogens is 1. The summed E-state index contributed by atoms with van der Waals surface area (Å²) in [5, 5.41) is 0. The minimum atomic E-state index is -0.400. The van der Waals surface area contributed by atoms with Crippen LogP contribution >= 0.6 is 0 Å². The summed E-state index contributed by atoms with van der Waals surface area (Å²) >= 11 is 0. The first-order valence-electron chi connectivity index (χ1n) is 9.47. The van der Waals surface area contributed by atoms with Crippen LogP contribution in [0, 0.1) is 0 Å². The van der Waals surface area contributed by atoms with E-state index >= 15 is 0 Å². The highest BCUT2D eigenvalue weighted by Gasteiger charge is 2.51. The van der Waals surface area contributed by atoms with E-state index in [-0.39, 0.29) is 28.5 Å². The molecule has 3 rings (SSSR count). The number of hydrogen-bond acceptors (Lipinski definition) is 5. The Balaban J connectivity index is 1.67. The van der Waals surface area contributed by atoms with Gasteiger partial charge in [-0.15, -0.1) is 0 Å². The van der Waals surface area contributed by atoms with E-state index in [0.29, 0.717) is 5.88 Å². The summed E-state index contributed by atoms with van der Waals surface area (Å²) in [6.07, 6.45) is 3.56. The van der Waals surface area contributed by atoms with E-state index in [1.807, 2.05) is 39.8 Å². The van der Waals surface area contributed by atoms with Crippen LogP contribution in [0.5, 0.6) is 5.88 Å². The van der Waals surface area contributed by atoms with Crippen molar-refractivity contribution in [2.24, 2.45) is 0 Å². The minimum absolute atomic E-state index is 0.0870. The van der Waals surface area contributed by atoms with Crippen molar-refractivity contribution in [3.63, 3.8) is 0 Å². The lowest BCUT2D eigenvalue weighted by atomic mass is 9.80. The Morgan fingerprint density at radius 1 is 0.923 bits per heavy atom. The van der Waals surface area contributed by atoms with Crippen molar-refractivity contribution in [3.8, 4) is 5.88 Å². The number of hydrogen-bond donors (Lipinski definition) is 0. The lowest BCUT2D eigenvalue weighted by molar-refractivity contribution is -0.182. The SMILES string of the molecule is CC1(C)CC(Oc2ccc(B3OC(C)(C)C(C)(C)O3)cn2)CC(C)(C)O1. The molecule has 0 N–H and O–H groups in total. The number of ether oxygens (including phenoxy) is 2. The maximum Gasteiger partial charge on any atom is 0.496 e. The Labute approximate surface area is 157 Å². The summed E-state index contributed by atoms with van der Waals surface area (Å²) in [5.74, 6) is 0.628. The van der Waals surface area contributed by atoms with Gasteiger partial charge in [0, 0.05) is 24.5 Å². The average molecular weight is 361 g/mol. The number of rotatable bonds is 3. The van der Waals surface area contributed by atoms with E-state index in [0.717, 1.165) is 18.3 Å². The average Bonchev–Trinajstić information content (AvgIpc) is 2.64. The Morgan fingerprint density at radius 2 is 1.46 bits per heavy atom. The third kappa shape index (κ3) is 4.08. The fourth-order valence-corrected chi connectivity index (χ4v) is 3.83. The van der Waals surface area contributed by atoms with Crippen LogP contribution in [0.2, 0.25) is 0 Å². The van der Waals surface area contributed by atoms with Gasteiger partial charge in [0.15, 0.2) is 0 Å². The first-order valence-corrected chi connectivity index (χ1v) is 9.47. The zero-order chi connectivity index (χ0) is 19.4. The monoisotopic (exact) mass is 361 g/mol. The molecular formula is C20H32BNO4. The highest BCUT2D eigenvalue weighted by atomic mass is 16.7. The molecule has 0 spiro atoms. The molecule has 2 fully saturated rings. The standard InChI is InChI=1S/C20H32BNO4/c1-17(2)11-15(12-18(3,4)24-17)23-16-10-9-14(13-22-16)21-25-19(5,6)20(7,8)26-21/h9-10,13,15H,11-12H2,1-8H3. The maximum atomic E-state index is 6.15. The quantitative estimate of drug-likeness (QED) is 0.772. The summed E-state index contributed by atoms with van der Waals surface area (Å²) in [4.78, 5) is 4.49. The molecule has 26 heavy (non-hydrogen) atoms. The van der Waals surface area contributed by atoms with Crippen molar-refractivity contribution in [2.45, 2.75) is 96.7 Å². The third-order valence-electron chi connectivity index (χ3n) is 5.56. The van der Waals surface area contributed by atoms with Crippen LogP contribution in [0.1, 0.15) is 68.2 Å². The molecule has 0 aromatic carbocycles. The van der Waals surface area contributed by atoms with E-state index in [4.69, 9.17) is 18.8 Å². The summed E-state index contributed by atoms with van der Waals surface area (Å²) in [6, 6.07) is 3.87. The van der Waals surface area contributed by atoms with E-state index in [2.05, 4.69) is 32.7 Å². The van der Waals surface area contributed by atoms with Crippen LogP contribution in [0.25, 0.3) is 0 Å². The van der Waals surface area contributed by atoms with Gasteiger partial charge in [0.1, 0.15) is 6.10 Å². The molecule has 0 aliphatic carbocycles. The predicted molar refractivity (Wildman–Crippen MR) is 103 cm³/mol. The van der Waals surface area contributed by atoms with E-state index in [9.17, 15) is 0 Å². The van der Waals surface area contributed by atoms with Gasteiger partial charge in [-0.2, -0.15) is 0 Å². The fraction of sp³-hybridized carbons (Fsp3) is 0.750. The first-order chi connectivity index (χ1) is 11.8. The van der Waals surface area contributed by atoms with Gasteiger partial charge >= 0.3 is 7.12 Å². The molecule has 1 aromatic heterocycles. The highest BCUT2D eigenvalue weighted by molar-refractivity contribution is 6.62. The van der Waals surface area contributed by atoms with Gasteiger partial charge in [-0.3, -0.25) is 0 Å². The number of pyridine rings is 1. The molecule has 2 aliphatic rings. The maximum absolute atomic E-state index is 6.15. The predicted octanol–water partition coefficient (Wildman–Crippen LogP) is 3.50. The normalized spacial score (nSPS) is 26.7. The fourth-order valence-electron chi connectivity index (χ4n) is 3.83. The minimum Gasteiger partial charge on any atom is -0.474 e. The third-order valence-corrected chi connectivity index (χ3v) is 5.56. The highest BCUT2D eigenvalue weighted by Crippen LogP contribution is 2.37. The van der Waals surface area contributed by atoms with E-state index in [1.54, 1.807) is 6.20 Å². The molecule has 3 heterocycles. The van der Waals surface area contributed by atoms with Gasteiger partial charge in [0.05, 0.1) is 22.4 Å². The molecule has 2 aliphatic heterocycles. The van der Waals surface area contributed by atoms with Crippen molar-refractivity contribution >= 4 is 12.6 Å². The van der Waals surface area contributed by atoms with Crippen molar-refractivity contribution in [2.75, 3.05) is 0 Å². The van der Waals surface area contributed by atoms with Crippen LogP contribution in [0.3, 0.4) is 0 Å². The van der Waals surface area contributed by atoms with Crippen LogP contribution in [-0.2, 0) is 14.0 Å². The molecule has 0 unspecified atom stereocenters. The van der Waals surface area contributed by atoms with Crippen LogP contribution < -0.4 is 10.2 Å². The van der Waals surface area contributed by atoms with E-state index in [1.165, 1.54) is 0 Å². The van der Waals surface area contributed by atoms with Crippen molar-refractivity contribution < 1.29 is 18.8 Å². The summed E-state index contributed by atoms with van der Waals surface area (Å²) < 4.78 is 24.4. The van der Waals surface area contributed by atoms with Gasteiger partial charge in [-0.1, -0.05) is 6.07 Å². The number of nitrogens with zero attached hydrogens (tertiary/aromatic N) is 1. The summed E-state index contributed by atoms with van der Waals surface area (Å²) in [5.41, 5.74) is -0.203. The van der Waals surface area contributed by atoms with Crippen molar-refractivity contribution in [1.82, 2.24) is 4.98 Å². The molecule has 0 amide bonds. The lowest BCUT2D eigenvalue weighted by Gasteiger charge is -2.44. The van der Waals surface area contributed by atoms with Crippen LogP contribution in [-0.4, -0.2) is 40.6 Å². The molecule has 0 radical (unpaired) electrons. The molecule has 2 saturated heterocycles. The summed E-state index contributed by atoms with van der Waals surface area (Å²) in [6.45, 7) is 16.6. The van der Waals surface area contributed by atoms with Gasteiger partial charge < -0.3 is 18.8 Å². The first kappa shape index (κ1) is 19.7. The van der Waals surface area contributed by atoms with Gasteiger partial charge in [-0.05, 0) is 61.5 Å². The van der Waals surface area contributed by atoms with Gasteiger partial charge in [0.2, 0.25) is 5.88 Å². The topological polar surface area (TPSA) is 49.8 Å². The molecule has 1 aromatic rings. The second kappa shape index (κ2) is 6.21. The lowest BCUT2D eigenvalue weighted by Crippen LogP contribution is -2.49. The zero-order valence-corrected chi connectivity index (χ0v) is 17.4. The molecular weight excluding hydrogens is 329 g/mol. The molecule has 144 valence electrons. The molecule has 0 bridgehead atoms. The summed E-state index contributed by atoms with van der Waals surface area (Å²) in [7, 11) is -0.400. The van der Waals surface area contributed by atoms with Crippen molar-refractivity contribution in [1.29, 1.82) is 0 Å². The Bertz CT molecular complexity index is 622. The molecule has 5 nitrogen and oxygen atoms in total. The largest absolute Gasteiger partial charge is 0.496 e. The molecule has 0 saturated carbocycles. The Kier molecular flexibility index (Phi) is 4.70. The Hall–Kier alpha value is -1.11. The van der Waals surface area contributed by atoms with Gasteiger partial charge in [0.25, 0.3) is 0 Å². The second-order valence-electron chi connectivity index (χ2n) is 9.79. The smallest absolute Gasteiger partial charge is 0.474 e. The van der Waals surface area contributed by atoms with Gasteiger partial charge in [-0.25, -0.2) is 4.98 Å². The van der Waals surface area contributed by atoms with E-state index < -0.39 is 7.12 Å². The van der Waals surface area contributed by atoms with Crippen molar-refractivity contribution in [3.05, 3.63) is 18.3 Å². The molecule has 6 heteroatoms.